The molecule has 1 aromatic carbocycles. The summed E-state index contributed by atoms with van der Waals surface area (Å²) in [5.41, 5.74) is 2.07. The molecule has 1 aliphatic rings. The quantitative estimate of drug-likeness (QED) is 0.882. The molecule has 0 aliphatic heterocycles. The Bertz CT molecular complexity index is 425. The summed E-state index contributed by atoms with van der Waals surface area (Å²) in [7, 11) is 0. The molecular formula is C17H26O2. The van der Waals surface area contributed by atoms with Gasteiger partial charge < -0.3 is 9.84 Å². The first kappa shape index (κ1) is 14.4. The van der Waals surface area contributed by atoms with Crippen molar-refractivity contribution in [3.63, 3.8) is 0 Å². The van der Waals surface area contributed by atoms with Gasteiger partial charge in [-0.2, -0.15) is 0 Å². The maximum absolute atomic E-state index is 9.87. The molecule has 0 saturated heterocycles. The predicted octanol–water partition coefficient (Wildman–Crippen LogP) is 4.25. The van der Waals surface area contributed by atoms with Crippen LogP contribution in [0.1, 0.15) is 57.3 Å². The van der Waals surface area contributed by atoms with Gasteiger partial charge in [-0.3, -0.25) is 0 Å². The van der Waals surface area contributed by atoms with E-state index in [9.17, 15) is 5.11 Å². The van der Waals surface area contributed by atoms with Crippen molar-refractivity contribution >= 4 is 0 Å². The number of ether oxygens (including phenoxy) is 1. The topological polar surface area (TPSA) is 29.5 Å². The van der Waals surface area contributed by atoms with Crippen molar-refractivity contribution in [2.45, 2.75) is 59.2 Å². The Morgan fingerprint density at radius 2 is 1.95 bits per heavy atom. The lowest BCUT2D eigenvalue weighted by molar-refractivity contribution is 0.0957. The molecule has 1 saturated carbocycles. The summed E-state index contributed by atoms with van der Waals surface area (Å²) in [6, 6.07) is 6.07. The molecule has 1 aliphatic carbocycles. The SMILES string of the molecule is Cc1ccc(OC2CCC(C)C(C)C2)c(C(C)O)c1. The fraction of sp³-hybridized carbons (Fsp3) is 0.647. The molecule has 0 amide bonds. The molecule has 1 aromatic rings. The third-order valence-corrected chi connectivity index (χ3v) is 4.46. The van der Waals surface area contributed by atoms with E-state index in [1.165, 1.54) is 6.42 Å². The van der Waals surface area contributed by atoms with E-state index < -0.39 is 6.10 Å². The van der Waals surface area contributed by atoms with Gasteiger partial charge in [0.2, 0.25) is 0 Å². The average molecular weight is 262 g/mol. The summed E-state index contributed by atoms with van der Waals surface area (Å²) < 4.78 is 6.16. The van der Waals surface area contributed by atoms with Crippen LogP contribution < -0.4 is 4.74 Å². The van der Waals surface area contributed by atoms with Crippen LogP contribution in [0, 0.1) is 18.8 Å². The van der Waals surface area contributed by atoms with Crippen LogP contribution in [-0.4, -0.2) is 11.2 Å². The third kappa shape index (κ3) is 3.50. The molecule has 19 heavy (non-hydrogen) atoms. The van der Waals surface area contributed by atoms with E-state index in [0.717, 1.165) is 41.6 Å². The maximum Gasteiger partial charge on any atom is 0.125 e. The van der Waals surface area contributed by atoms with E-state index in [1.54, 1.807) is 6.92 Å². The van der Waals surface area contributed by atoms with Crippen molar-refractivity contribution < 1.29 is 9.84 Å². The monoisotopic (exact) mass is 262 g/mol. The Balaban J connectivity index is 2.11. The van der Waals surface area contributed by atoms with E-state index in [4.69, 9.17) is 4.74 Å². The van der Waals surface area contributed by atoms with Gasteiger partial charge in [0.05, 0.1) is 12.2 Å². The Labute approximate surface area is 116 Å². The van der Waals surface area contributed by atoms with Crippen molar-refractivity contribution in [1.29, 1.82) is 0 Å². The van der Waals surface area contributed by atoms with Crippen LogP contribution in [0.5, 0.6) is 5.75 Å². The van der Waals surface area contributed by atoms with Gasteiger partial charge in [-0.1, -0.05) is 25.5 Å². The average Bonchev–Trinajstić information content (AvgIpc) is 2.36. The zero-order valence-electron chi connectivity index (χ0n) is 12.5. The van der Waals surface area contributed by atoms with Crippen LogP contribution >= 0.6 is 0 Å². The van der Waals surface area contributed by atoms with Crippen LogP contribution in [0.15, 0.2) is 18.2 Å². The Kier molecular flexibility index (Phi) is 4.51. The number of aryl methyl sites for hydroxylation is 1. The molecule has 1 N–H and O–H groups in total. The van der Waals surface area contributed by atoms with Crippen molar-refractivity contribution in [1.82, 2.24) is 0 Å². The number of aliphatic hydroxyl groups is 1. The Morgan fingerprint density at radius 3 is 2.58 bits per heavy atom. The lowest BCUT2D eigenvalue weighted by atomic mass is 9.80. The van der Waals surface area contributed by atoms with Crippen LogP contribution in [0.25, 0.3) is 0 Å². The molecule has 2 heteroatoms. The molecule has 0 aromatic heterocycles. The van der Waals surface area contributed by atoms with E-state index in [-0.39, 0.29) is 0 Å². The highest BCUT2D eigenvalue weighted by molar-refractivity contribution is 5.38. The molecule has 2 nitrogen and oxygen atoms in total. The highest BCUT2D eigenvalue weighted by atomic mass is 16.5. The smallest absolute Gasteiger partial charge is 0.125 e. The van der Waals surface area contributed by atoms with Crippen LogP contribution in [0.3, 0.4) is 0 Å². The minimum atomic E-state index is -0.477. The van der Waals surface area contributed by atoms with Crippen LogP contribution in [0.4, 0.5) is 0 Å². The largest absolute Gasteiger partial charge is 0.490 e. The minimum Gasteiger partial charge on any atom is -0.490 e. The molecule has 0 radical (unpaired) electrons. The first-order valence-corrected chi connectivity index (χ1v) is 7.42. The highest BCUT2D eigenvalue weighted by Gasteiger charge is 2.26. The number of benzene rings is 1. The van der Waals surface area contributed by atoms with Crippen LogP contribution in [-0.2, 0) is 0 Å². The molecule has 4 atom stereocenters. The highest BCUT2D eigenvalue weighted by Crippen LogP contribution is 2.34. The van der Waals surface area contributed by atoms with Crippen molar-refractivity contribution in [3.05, 3.63) is 29.3 Å². The first-order valence-electron chi connectivity index (χ1n) is 7.42. The van der Waals surface area contributed by atoms with Gasteiger partial charge in [-0.05, 0) is 57.1 Å². The molecule has 106 valence electrons. The van der Waals surface area contributed by atoms with E-state index >= 15 is 0 Å². The minimum absolute atomic E-state index is 0.298. The normalized spacial score (nSPS) is 29.0. The molecule has 4 unspecified atom stereocenters. The molecule has 1 fully saturated rings. The van der Waals surface area contributed by atoms with E-state index in [2.05, 4.69) is 19.9 Å². The van der Waals surface area contributed by atoms with Gasteiger partial charge in [0.25, 0.3) is 0 Å². The second kappa shape index (κ2) is 5.96. The lowest BCUT2D eigenvalue weighted by Gasteiger charge is -2.33. The summed E-state index contributed by atoms with van der Waals surface area (Å²) in [6.45, 7) is 8.48. The lowest BCUT2D eigenvalue weighted by Crippen LogP contribution is -2.29. The zero-order valence-corrected chi connectivity index (χ0v) is 12.5. The second-order valence-corrected chi connectivity index (χ2v) is 6.22. The number of aliphatic hydroxyl groups excluding tert-OH is 1. The fourth-order valence-corrected chi connectivity index (χ4v) is 2.89. The first-order chi connectivity index (χ1) is 8.97. The van der Waals surface area contributed by atoms with Gasteiger partial charge in [0, 0.05) is 5.56 Å². The molecular weight excluding hydrogens is 236 g/mol. The zero-order chi connectivity index (χ0) is 14.0. The fourth-order valence-electron chi connectivity index (χ4n) is 2.89. The predicted molar refractivity (Wildman–Crippen MR) is 78.4 cm³/mol. The maximum atomic E-state index is 9.87. The van der Waals surface area contributed by atoms with Crippen molar-refractivity contribution in [3.8, 4) is 5.75 Å². The summed E-state index contributed by atoms with van der Waals surface area (Å²) >= 11 is 0. The van der Waals surface area contributed by atoms with E-state index in [1.807, 2.05) is 19.1 Å². The van der Waals surface area contributed by atoms with Crippen molar-refractivity contribution in [2.75, 3.05) is 0 Å². The van der Waals surface area contributed by atoms with E-state index in [0.29, 0.717) is 6.10 Å². The molecule has 0 heterocycles. The summed E-state index contributed by atoms with van der Waals surface area (Å²) in [4.78, 5) is 0. The number of hydrogen-bond donors (Lipinski definition) is 1. The molecule has 2 rings (SSSR count). The van der Waals surface area contributed by atoms with Gasteiger partial charge in [-0.15, -0.1) is 0 Å². The third-order valence-electron chi connectivity index (χ3n) is 4.46. The van der Waals surface area contributed by atoms with Gasteiger partial charge in [0.1, 0.15) is 5.75 Å². The van der Waals surface area contributed by atoms with Gasteiger partial charge in [0.15, 0.2) is 0 Å². The van der Waals surface area contributed by atoms with Crippen LogP contribution in [0.2, 0.25) is 0 Å². The summed E-state index contributed by atoms with van der Waals surface area (Å²) in [6.07, 6.45) is 3.30. The second-order valence-electron chi connectivity index (χ2n) is 6.22. The van der Waals surface area contributed by atoms with Crippen molar-refractivity contribution in [2.24, 2.45) is 11.8 Å². The standard InChI is InChI=1S/C17H26O2/c1-11-5-8-17(16(9-11)14(4)18)19-15-7-6-12(2)13(3)10-15/h5,8-9,12-15,18H,6-7,10H2,1-4H3. The Hall–Kier alpha value is -1.02. The molecule has 0 spiro atoms. The summed E-state index contributed by atoms with van der Waals surface area (Å²) in [5.74, 6) is 2.38. The number of hydrogen-bond acceptors (Lipinski definition) is 2. The Morgan fingerprint density at radius 1 is 1.21 bits per heavy atom. The molecule has 0 bridgehead atoms. The van der Waals surface area contributed by atoms with Gasteiger partial charge >= 0.3 is 0 Å². The summed E-state index contributed by atoms with van der Waals surface area (Å²) in [5, 5.41) is 9.87. The van der Waals surface area contributed by atoms with Gasteiger partial charge in [-0.25, -0.2) is 0 Å². The number of rotatable bonds is 3.